The first-order valence-electron chi connectivity index (χ1n) is 10.8. The van der Waals surface area contributed by atoms with E-state index in [1.165, 1.54) is 16.6 Å². The molecule has 1 fully saturated rings. The van der Waals surface area contributed by atoms with Crippen LogP contribution >= 0.6 is 0 Å². The number of hydrogen-bond acceptors (Lipinski definition) is 3. The monoisotopic (exact) mass is 403 g/mol. The Morgan fingerprint density at radius 2 is 2.03 bits per heavy atom. The van der Waals surface area contributed by atoms with E-state index in [0.717, 1.165) is 42.9 Å². The van der Waals surface area contributed by atoms with E-state index in [-0.39, 0.29) is 5.91 Å². The number of fused-ring (bicyclic) bond motifs is 1. The van der Waals surface area contributed by atoms with Gasteiger partial charge in [0.25, 0.3) is 0 Å². The van der Waals surface area contributed by atoms with E-state index in [0.29, 0.717) is 31.7 Å². The zero-order valence-electron chi connectivity index (χ0n) is 17.8. The smallest absolute Gasteiger partial charge is 0.222 e. The predicted molar refractivity (Wildman–Crippen MR) is 117 cm³/mol. The minimum atomic E-state index is 0.230. The van der Waals surface area contributed by atoms with Crippen molar-refractivity contribution < 1.29 is 4.79 Å². The van der Waals surface area contributed by atoms with Gasteiger partial charge >= 0.3 is 0 Å². The van der Waals surface area contributed by atoms with Gasteiger partial charge in [-0.1, -0.05) is 18.2 Å². The summed E-state index contributed by atoms with van der Waals surface area (Å²) in [6.45, 7) is 6.26. The highest BCUT2D eigenvalue weighted by Gasteiger charge is 2.25. The standard InChI is InChI=1S/C24H29N5O/c1-17-21(18(2)29(27-17)13-5-12-25)8-9-24(30)28-14-10-19(11-15-28)23-16-20-6-3-4-7-22(20)26-23/h3-4,6-7,16,19,26H,5,8-11,13-15H2,1-2H3. The summed E-state index contributed by atoms with van der Waals surface area (Å²) in [5.74, 6) is 0.720. The summed E-state index contributed by atoms with van der Waals surface area (Å²) in [4.78, 5) is 18.4. The highest BCUT2D eigenvalue weighted by Crippen LogP contribution is 2.30. The molecule has 3 heterocycles. The molecule has 1 aromatic carbocycles. The van der Waals surface area contributed by atoms with Gasteiger partial charge < -0.3 is 9.88 Å². The molecular formula is C24H29N5O. The highest BCUT2D eigenvalue weighted by atomic mass is 16.2. The van der Waals surface area contributed by atoms with Crippen LogP contribution in [0.1, 0.15) is 54.2 Å². The maximum Gasteiger partial charge on any atom is 0.222 e. The number of aromatic amines is 1. The van der Waals surface area contributed by atoms with E-state index < -0.39 is 0 Å². The second-order valence-electron chi connectivity index (χ2n) is 8.25. The summed E-state index contributed by atoms with van der Waals surface area (Å²) < 4.78 is 1.89. The maximum absolute atomic E-state index is 12.8. The van der Waals surface area contributed by atoms with Gasteiger partial charge in [-0.05, 0) is 56.2 Å². The summed E-state index contributed by atoms with van der Waals surface area (Å²) in [5.41, 5.74) is 5.67. The number of nitriles is 1. The summed E-state index contributed by atoms with van der Waals surface area (Å²) in [5, 5.41) is 14.6. The number of carbonyl (C=O) groups is 1. The normalized spacial score (nSPS) is 14.9. The molecular weight excluding hydrogens is 374 g/mol. The second kappa shape index (κ2) is 8.74. The van der Waals surface area contributed by atoms with Gasteiger partial charge in [0.2, 0.25) is 5.91 Å². The van der Waals surface area contributed by atoms with Crippen LogP contribution in [0.5, 0.6) is 0 Å². The van der Waals surface area contributed by atoms with Crippen molar-refractivity contribution in [3.05, 3.63) is 53.0 Å². The zero-order chi connectivity index (χ0) is 21.1. The Hall–Kier alpha value is -3.07. The molecule has 0 atom stereocenters. The lowest BCUT2D eigenvalue weighted by molar-refractivity contribution is -0.132. The fourth-order valence-electron chi connectivity index (χ4n) is 4.62. The van der Waals surface area contributed by atoms with E-state index in [4.69, 9.17) is 5.26 Å². The number of benzene rings is 1. The Morgan fingerprint density at radius 3 is 2.77 bits per heavy atom. The Kier molecular flexibility index (Phi) is 5.89. The molecule has 0 bridgehead atoms. The summed E-state index contributed by atoms with van der Waals surface area (Å²) >= 11 is 0. The molecule has 3 aromatic rings. The fourth-order valence-corrected chi connectivity index (χ4v) is 4.62. The van der Waals surface area contributed by atoms with E-state index in [2.05, 4.69) is 46.5 Å². The number of nitrogens with one attached hydrogen (secondary N) is 1. The Balaban J connectivity index is 1.32. The number of carbonyl (C=O) groups excluding carboxylic acids is 1. The number of nitrogens with zero attached hydrogens (tertiary/aromatic N) is 4. The van der Waals surface area contributed by atoms with Crippen molar-refractivity contribution in [1.82, 2.24) is 19.7 Å². The molecule has 1 N–H and O–H groups in total. The lowest BCUT2D eigenvalue weighted by atomic mass is 9.93. The van der Waals surface area contributed by atoms with E-state index in [9.17, 15) is 4.79 Å². The Bertz CT molecular complexity index is 1050. The average molecular weight is 404 g/mol. The van der Waals surface area contributed by atoms with Crippen LogP contribution < -0.4 is 0 Å². The molecule has 2 aromatic heterocycles. The third-order valence-corrected chi connectivity index (χ3v) is 6.39. The lowest BCUT2D eigenvalue weighted by Crippen LogP contribution is -2.38. The molecule has 1 amide bonds. The van der Waals surface area contributed by atoms with E-state index >= 15 is 0 Å². The molecule has 6 heteroatoms. The number of aromatic nitrogens is 3. The number of rotatable bonds is 6. The number of piperidine rings is 1. The molecule has 30 heavy (non-hydrogen) atoms. The van der Waals surface area contributed by atoms with Gasteiger partial charge in [-0.25, -0.2) is 0 Å². The van der Waals surface area contributed by atoms with Crippen molar-refractivity contribution in [2.45, 2.75) is 58.4 Å². The molecule has 4 rings (SSSR count). The van der Waals surface area contributed by atoms with Crippen LogP contribution in [0.15, 0.2) is 30.3 Å². The SMILES string of the molecule is Cc1nn(CCC#N)c(C)c1CCC(=O)N1CCC(c2cc3ccccc3[nH]2)CC1. The van der Waals surface area contributed by atoms with Crippen molar-refractivity contribution in [2.75, 3.05) is 13.1 Å². The van der Waals surface area contributed by atoms with Crippen LogP contribution in [0.4, 0.5) is 0 Å². The van der Waals surface area contributed by atoms with Crippen LogP contribution in [-0.4, -0.2) is 38.7 Å². The van der Waals surface area contributed by atoms with Gasteiger partial charge in [0.05, 0.1) is 24.7 Å². The average Bonchev–Trinajstić information content (AvgIpc) is 3.31. The molecule has 6 nitrogen and oxygen atoms in total. The van der Waals surface area contributed by atoms with Crippen molar-refractivity contribution in [3.8, 4) is 6.07 Å². The molecule has 1 aliphatic rings. The molecule has 1 saturated heterocycles. The van der Waals surface area contributed by atoms with Gasteiger partial charge in [0, 0.05) is 42.3 Å². The predicted octanol–water partition coefficient (Wildman–Crippen LogP) is 4.23. The summed E-state index contributed by atoms with van der Waals surface area (Å²) in [7, 11) is 0. The molecule has 156 valence electrons. The number of hydrogen-bond donors (Lipinski definition) is 1. The Morgan fingerprint density at radius 1 is 1.27 bits per heavy atom. The topological polar surface area (TPSA) is 77.7 Å². The molecule has 0 saturated carbocycles. The minimum Gasteiger partial charge on any atom is -0.358 e. The van der Waals surface area contributed by atoms with Crippen molar-refractivity contribution >= 4 is 16.8 Å². The quantitative estimate of drug-likeness (QED) is 0.669. The molecule has 0 radical (unpaired) electrons. The zero-order valence-corrected chi connectivity index (χ0v) is 17.8. The van der Waals surface area contributed by atoms with E-state index in [1.54, 1.807) is 0 Å². The van der Waals surface area contributed by atoms with Crippen molar-refractivity contribution in [2.24, 2.45) is 0 Å². The van der Waals surface area contributed by atoms with Crippen molar-refractivity contribution in [3.63, 3.8) is 0 Å². The second-order valence-corrected chi connectivity index (χ2v) is 8.25. The molecule has 0 aliphatic carbocycles. The van der Waals surface area contributed by atoms with Gasteiger partial charge in [0.1, 0.15) is 0 Å². The third kappa shape index (κ3) is 4.11. The number of aryl methyl sites for hydroxylation is 2. The van der Waals surface area contributed by atoms with Gasteiger partial charge in [-0.2, -0.15) is 10.4 Å². The van der Waals surface area contributed by atoms with Crippen LogP contribution in [0.2, 0.25) is 0 Å². The number of amides is 1. The fraction of sp³-hybridized carbons (Fsp3) is 0.458. The van der Waals surface area contributed by atoms with E-state index in [1.807, 2.05) is 23.4 Å². The number of H-pyrrole nitrogens is 1. The summed E-state index contributed by atoms with van der Waals surface area (Å²) in [6, 6.07) is 12.8. The largest absolute Gasteiger partial charge is 0.358 e. The number of para-hydroxylation sites is 1. The third-order valence-electron chi connectivity index (χ3n) is 6.39. The highest BCUT2D eigenvalue weighted by molar-refractivity contribution is 5.80. The van der Waals surface area contributed by atoms with Crippen LogP contribution in [-0.2, 0) is 17.8 Å². The van der Waals surface area contributed by atoms with Gasteiger partial charge in [-0.3, -0.25) is 9.48 Å². The summed E-state index contributed by atoms with van der Waals surface area (Å²) in [6.07, 6.45) is 3.69. The number of likely N-dealkylation sites (tertiary alicyclic amines) is 1. The van der Waals surface area contributed by atoms with Gasteiger partial charge in [-0.15, -0.1) is 0 Å². The first-order chi connectivity index (χ1) is 14.6. The van der Waals surface area contributed by atoms with Crippen LogP contribution in [0, 0.1) is 25.2 Å². The van der Waals surface area contributed by atoms with Crippen LogP contribution in [0.25, 0.3) is 10.9 Å². The van der Waals surface area contributed by atoms with Crippen LogP contribution in [0.3, 0.4) is 0 Å². The first-order valence-corrected chi connectivity index (χ1v) is 10.8. The molecule has 0 unspecified atom stereocenters. The molecule has 0 spiro atoms. The lowest BCUT2D eigenvalue weighted by Gasteiger charge is -2.31. The minimum absolute atomic E-state index is 0.230. The van der Waals surface area contributed by atoms with Gasteiger partial charge in [0.15, 0.2) is 0 Å². The van der Waals surface area contributed by atoms with Crippen molar-refractivity contribution in [1.29, 1.82) is 5.26 Å². The maximum atomic E-state index is 12.8. The molecule has 1 aliphatic heterocycles. The first kappa shape index (κ1) is 20.2. The Labute approximate surface area is 177 Å².